The Morgan fingerprint density at radius 2 is 1.52 bits per heavy atom. The summed E-state index contributed by atoms with van der Waals surface area (Å²) in [6.07, 6.45) is 5.02. The fourth-order valence-electron chi connectivity index (χ4n) is 9.90. The molecule has 0 N–H and O–H groups in total. The monoisotopic (exact) mass is 540 g/mol. The normalized spacial score (nSPS) is 23.2. The van der Waals surface area contributed by atoms with E-state index < -0.39 is 0 Å². The molecule has 200 valence electrons. The molecule has 0 spiro atoms. The van der Waals surface area contributed by atoms with E-state index in [0.29, 0.717) is 0 Å². The molecular weight excluding hydrogens is 511 g/mol. The number of fused-ring (bicyclic) bond motifs is 14. The van der Waals surface area contributed by atoms with Gasteiger partial charge in [-0.3, -0.25) is 0 Å². The minimum absolute atomic E-state index is 0.0181. The molecule has 1 saturated carbocycles. The minimum Gasteiger partial charge on any atom is -0.441 e. The molecule has 1 fully saturated rings. The van der Waals surface area contributed by atoms with Crippen LogP contribution < -0.4 is 15.8 Å². The number of hydrogen-bond donors (Lipinski definition) is 0. The van der Waals surface area contributed by atoms with Crippen LogP contribution in [-0.2, 0) is 5.41 Å². The van der Waals surface area contributed by atoms with Crippen molar-refractivity contribution in [1.82, 2.24) is 4.48 Å². The molecule has 42 heavy (non-hydrogen) atoms. The van der Waals surface area contributed by atoms with Gasteiger partial charge in [0.1, 0.15) is 5.58 Å². The van der Waals surface area contributed by atoms with E-state index in [1.54, 1.807) is 0 Å². The van der Waals surface area contributed by atoms with Crippen LogP contribution in [0.1, 0.15) is 45.1 Å². The summed E-state index contributed by atoms with van der Waals surface area (Å²) in [6, 6.07) is 34.2. The van der Waals surface area contributed by atoms with Crippen LogP contribution >= 0.6 is 0 Å². The van der Waals surface area contributed by atoms with E-state index in [9.17, 15) is 0 Å². The summed E-state index contributed by atoms with van der Waals surface area (Å²) in [5.41, 5.74) is 13.3. The Labute approximate surface area is 244 Å². The van der Waals surface area contributed by atoms with Crippen LogP contribution in [0.4, 0.5) is 11.4 Å². The summed E-state index contributed by atoms with van der Waals surface area (Å²) in [7, 11) is 0. The van der Waals surface area contributed by atoms with Crippen molar-refractivity contribution in [3.05, 3.63) is 96.6 Å². The highest BCUT2D eigenvalue weighted by Gasteiger charge is 2.61. The van der Waals surface area contributed by atoms with Crippen molar-refractivity contribution in [2.75, 3.05) is 4.90 Å². The molecule has 5 heterocycles. The van der Waals surface area contributed by atoms with Crippen LogP contribution in [-0.4, -0.2) is 16.9 Å². The molecular formula is C38H29BN2O. The number of benzene rings is 5. The van der Waals surface area contributed by atoms with Crippen LogP contribution in [0.3, 0.4) is 0 Å². The zero-order valence-electron chi connectivity index (χ0n) is 23.9. The van der Waals surface area contributed by atoms with E-state index in [-0.39, 0.29) is 17.8 Å². The predicted octanol–water partition coefficient (Wildman–Crippen LogP) is 8.38. The Balaban J connectivity index is 1.40. The molecule has 4 heteroatoms. The van der Waals surface area contributed by atoms with E-state index >= 15 is 0 Å². The second kappa shape index (κ2) is 6.95. The first-order valence-electron chi connectivity index (χ1n) is 15.5. The predicted molar refractivity (Wildman–Crippen MR) is 175 cm³/mol. The molecule has 2 aromatic heterocycles. The van der Waals surface area contributed by atoms with E-state index in [4.69, 9.17) is 4.42 Å². The van der Waals surface area contributed by atoms with Gasteiger partial charge in [0, 0.05) is 44.0 Å². The van der Waals surface area contributed by atoms with Gasteiger partial charge in [0.2, 0.25) is 0 Å². The molecule has 0 radical (unpaired) electrons. The van der Waals surface area contributed by atoms with Gasteiger partial charge < -0.3 is 13.8 Å². The molecule has 5 aromatic carbocycles. The van der Waals surface area contributed by atoms with Crippen LogP contribution in [0.5, 0.6) is 0 Å². The lowest BCUT2D eigenvalue weighted by Crippen LogP contribution is -2.61. The maximum absolute atomic E-state index is 6.82. The summed E-state index contributed by atoms with van der Waals surface area (Å²) in [5, 5.41) is 6.41. The van der Waals surface area contributed by atoms with E-state index in [2.05, 4.69) is 114 Å². The van der Waals surface area contributed by atoms with Crippen molar-refractivity contribution >= 4 is 72.9 Å². The van der Waals surface area contributed by atoms with Gasteiger partial charge in [0.15, 0.2) is 5.71 Å². The molecule has 0 saturated heterocycles. The summed E-state index contributed by atoms with van der Waals surface area (Å²) in [6.45, 7) is 5.17. The SMILES string of the molecule is CC12CCCCC1(C)N1c3c(cccc32)B2c3c(cc4ccccc4c31)-c1cccc3c4c5ccccc5oc4n2c13. The number of nitrogens with zero attached hydrogens (tertiary/aromatic N) is 2. The maximum atomic E-state index is 6.82. The van der Waals surface area contributed by atoms with Crippen molar-refractivity contribution in [1.29, 1.82) is 0 Å². The molecule has 2 unspecified atom stereocenters. The maximum Gasteiger partial charge on any atom is 0.336 e. The highest BCUT2D eigenvalue weighted by molar-refractivity contribution is 6.90. The number of anilines is 2. The molecule has 0 amide bonds. The first-order chi connectivity index (χ1) is 20.6. The van der Waals surface area contributed by atoms with Gasteiger partial charge in [-0.15, -0.1) is 0 Å². The summed E-state index contributed by atoms with van der Waals surface area (Å²) >= 11 is 0. The lowest BCUT2D eigenvalue weighted by molar-refractivity contribution is 0.195. The molecule has 3 nitrogen and oxygen atoms in total. The Bertz CT molecular complexity index is 2380. The van der Waals surface area contributed by atoms with Crippen LogP contribution in [0.25, 0.3) is 54.9 Å². The molecule has 1 aliphatic carbocycles. The number of furan rings is 1. The second-order valence-electron chi connectivity index (χ2n) is 13.6. The topological polar surface area (TPSA) is 21.3 Å². The average Bonchev–Trinajstić information content (AvgIpc) is 3.62. The van der Waals surface area contributed by atoms with Gasteiger partial charge in [-0.1, -0.05) is 98.6 Å². The fourth-order valence-corrected chi connectivity index (χ4v) is 9.90. The van der Waals surface area contributed by atoms with E-state index in [1.165, 1.54) is 97.1 Å². The molecule has 11 rings (SSSR count). The van der Waals surface area contributed by atoms with Gasteiger partial charge in [-0.2, -0.15) is 0 Å². The number of rotatable bonds is 0. The van der Waals surface area contributed by atoms with Crippen LogP contribution in [0, 0.1) is 0 Å². The Hall–Kier alpha value is -4.44. The molecule has 3 aliphatic heterocycles. The number of aromatic nitrogens is 1. The Morgan fingerprint density at radius 3 is 2.45 bits per heavy atom. The van der Waals surface area contributed by atoms with Crippen molar-refractivity contribution in [3.8, 4) is 11.1 Å². The third kappa shape index (κ3) is 2.18. The highest BCUT2D eigenvalue weighted by Crippen LogP contribution is 2.62. The van der Waals surface area contributed by atoms with Gasteiger partial charge in [-0.05, 0) is 59.3 Å². The lowest BCUT2D eigenvalue weighted by atomic mass is 9.45. The molecule has 7 aromatic rings. The van der Waals surface area contributed by atoms with Gasteiger partial charge in [0.05, 0.1) is 10.9 Å². The van der Waals surface area contributed by atoms with Crippen molar-refractivity contribution in [2.24, 2.45) is 0 Å². The van der Waals surface area contributed by atoms with E-state index in [0.717, 1.165) is 11.3 Å². The van der Waals surface area contributed by atoms with E-state index in [1.807, 2.05) is 0 Å². The van der Waals surface area contributed by atoms with Crippen molar-refractivity contribution in [3.63, 3.8) is 0 Å². The third-order valence-electron chi connectivity index (χ3n) is 11.9. The van der Waals surface area contributed by atoms with Crippen molar-refractivity contribution in [2.45, 2.75) is 50.5 Å². The summed E-state index contributed by atoms with van der Waals surface area (Å²) in [5.74, 6) is 0. The smallest absolute Gasteiger partial charge is 0.336 e. The second-order valence-corrected chi connectivity index (χ2v) is 13.6. The van der Waals surface area contributed by atoms with Gasteiger partial charge >= 0.3 is 6.85 Å². The van der Waals surface area contributed by atoms with Crippen LogP contribution in [0.2, 0.25) is 0 Å². The molecule has 0 bridgehead atoms. The van der Waals surface area contributed by atoms with Crippen molar-refractivity contribution < 1.29 is 4.42 Å². The zero-order valence-corrected chi connectivity index (χ0v) is 23.9. The average molecular weight is 540 g/mol. The summed E-state index contributed by atoms with van der Waals surface area (Å²) in [4.78, 5) is 2.83. The third-order valence-corrected chi connectivity index (χ3v) is 11.9. The first-order valence-corrected chi connectivity index (χ1v) is 15.5. The number of hydrogen-bond acceptors (Lipinski definition) is 2. The number of para-hydroxylation sites is 3. The summed E-state index contributed by atoms with van der Waals surface area (Å²) < 4.78 is 9.39. The first kappa shape index (κ1) is 22.2. The molecule has 4 aliphatic rings. The lowest BCUT2D eigenvalue weighted by Gasteiger charge is -2.52. The zero-order chi connectivity index (χ0) is 27.5. The standard InChI is InChI=1S/C38H29BN2O/c1-37-19-7-8-20-38(37,2)40-34-23-12-4-3-11-22(23)21-27-24-14-9-15-26-31-25-13-5-6-18-30(25)42-36(31)41(33(24)26)39(32(27)34)29-17-10-16-28(37)35(29)40/h3-6,9-18,21H,7-8,19-20H2,1-2H3. The van der Waals surface area contributed by atoms with Gasteiger partial charge in [-0.25, -0.2) is 0 Å². The minimum atomic E-state index is 0.0181. The highest BCUT2D eigenvalue weighted by atomic mass is 16.3. The Morgan fingerprint density at radius 1 is 0.738 bits per heavy atom. The largest absolute Gasteiger partial charge is 0.441 e. The van der Waals surface area contributed by atoms with Crippen LogP contribution in [0.15, 0.2) is 95.4 Å². The quantitative estimate of drug-likeness (QED) is 0.180. The fraction of sp³-hybridized carbons (Fsp3) is 0.211. The Kier molecular flexibility index (Phi) is 3.67. The van der Waals surface area contributed by atoms with Gasteiger partial charge in [0.25, 0.3) is 0 Å². The molecule has 2 atom stereocenters.